The minimum Gasteiger partial charge on any atom is -0.310 e. The monoisotopic (exact) mass is 199 g/mol. The summed E-state index contributed by atoms with van der Waals surface area (Å²) in [7, 11) is 1.58. The fourth-order valence-corrected chi connectivity index (χ4v) is 1.05. The van der Waals surface area contributed by atoms with Crippen molar-refractivity contribution in [3.63, 3.8) is 0 Å². The van der Waals surface area contributed by atoms with Crippen molar-refractivity contribution in [2.24, 2.45) is 0 Å². The van der Waals surface area contributed by atoms with Gasteiger partial charge in [0.2, 0.25) is 0 Å². The van der Waals surface area contributed by atoms with Gasteiger partial charge in [-0.05, 0) is 32.2 Å². The van der Waals surface area contributed by atoms with E-state index in [4.69, 9.17) is 0 Å². The van der Waals surface area contributed by atoms with Gasteiger partial charge < -0.3 is 5.32 Å². The van der Waals surface area contributed by atoms with Crippen LogP contribution in [0.15, 0.2) is 18.2 Å². The number of halogens is 2. The highest BCUT2D eigenvalue weighted by atomic mass is 19.1. The average Bonchev–Trinajstić information content (AvgIpc) is 2.19. The third kappa shape index (κ3) is 2.14. The van der Waals surface area contributed by atoms with Crippen molar-refractivity contribution < 1.29 is 13.6 Å². The third-order valence-electron chi connectivity index (χ3n) is 2.02. The van der Waals surface area contributed by atoms with Gasteiger partial charge in [0.05, 0.1) is 11.6 Å². The zero-order valence-corrected chi connectivity index (χ0v) is 7.97. The van der Waals surface area contributed by atoms with Gasteiger partial charge >= 0.3 is 0 Å². The number of ketones is 1. The second-order valence-electron chi connectivity index (χ2n) is 3.00. The smallest absolute Gasteiger partial charge is 0.182 e. The van der Waals surface area contributed by atoms with Crippen LogP contribution in [0, 0.1) is 11.6 Å². The topological polar surface area (TPSA) is 29.1 Å². The summed E-state index contributed by atoms with van der Waals surface area (Å²) in [5, 5.41) is 2.67. The number of carbonyl (C=O) groups is 1. The molecule has 0 fully saturated rings. The molecule has 0 bridgehead atoms. The summed E-state index contributed by atoms with van der Waals surface area (Å²) in [6, 6.07) is 2.32. The van der Waals surface area contributed by atoms with Gasteiger partial charge in [0, 0.05) is 0 Å². The molecule has 0 heterocycles. The summed E-state index contributed by atoms with van der Waals surface area (Å²) < 4.78 is 25.8. The molecular weight excluding hydrogens is 188 g/mol. The lowest BCUT2D eigenvalue weighted by atomic mass is 10.1. The molecule has 1 unspecified atom stereocenters. The van der Waals surface area contributed by atoms with Gasteiger partial charge in [-0.15, -0.1) is 0 Å². The van der Waals surface area contributed by atoms with E-state index in [1.165, 1.54) is 0 Å². The number of hydrogen-bond donors (Lipinski definition) is 1. The van der Waals surface area contributed by atoms with Crippen molar-refractivity contribution in [2.75, 3.05) is 7.05 Å². The van der Waals surface area contributed by atoms with Crippen LogP contribution in [0.4, 0.5) is 8.78 Å². The second kappa shape index (κ2) is 4.28. The highest BCUT2D eigenvalue weighted by Gasteiger charge is 2.17. The van der Waals surface area contributed by atoms with Gasteiger partial charge in [-0.3, -0.25) is 4.79 Å². The predicted molar refractivity (Wildman–Crippen MR) is 49.2 cm³/mol. The Morgan fingerprint density at radius 1 is 1.43 bits per heavy atom. The first-order chi connectivity index (χ1) is 6.56. The van der Waals surface area contributed by atoms with Gasteiger partial charge in [0.25, 0.3) is 0 Å². The first-order valence-electron chi connectivity index (χ1n) is 4.22. The fraction of sp³-hybridized carbons (Fsp3) is 0.300. The Kier molecular flexibility index (Phi) is 3.30. The van der Waals surface area contributed by atoms with Crippen LogP contribution in [-0.4, -0.2) is 18.9 Å². The predicted octanol–water partition coefficient (Wildman–Crippen LogP) is 1.76. The number of hydrogen-bond acceptors (Lipinski definition) is 2. The second-order valence-corrected chi connectivity index (χ2v) is 3.00. The summed E-state index contributed by atoms with van der Waals surface area (Å²) in [6.07, 6.45) is 0. The minimum absolute atomic E-state index is 0.216. The summed E-state index contributed by atoms with van der Waals surface area (Å²) >= 11 is 0. The molecule has 0 aromatic heterocycles. The lowest BCUT2D eigenvalue weighted by Gasteiger charge is -2.09. The van der Waals surface area contributed by atoms with E-state index >= 15 is 0 Å². The first-order valence-corrected chi connectivity index (χ1v) is 4.22. The molecular formula is C10H11F2NO. The van der Waals surface area contributed by atoms with E-state index in [9.17, 15) is 13.6 Å². The zero-order valence-electron chi connectivity index (χ0n) is 7.97. The van der Waals surface area contributed by atoms with E-state index in [0.29, 0.717) is 0 Å². The van der Waals surface area contributed by atoms with Gasteiger partial charge in [0.15, 0.2) is 5.78 Å². The maximum absolute atomic E-state index is 13.1. The standard InChI is InChI=1S/C10H11F2NO/c1-6(13-2)10(14)8-5-7(11)3-4-9(8)12/h3-6,13H,1-2H3. The molecule has 0 saturated heterocycles. The van der Waals surface area contributed by atoms with Crippen molar-refractivity contribution in [1.29, 1.82) is 0 Å². The molecule has 0 spiro atoms. The number of carbonyl (C=O) groups excluding carboxylic acids is 1. The van der Waals surface area contributed by atoms with Gasteiger partial charge in [-0.25, -0.2) is 8.78 Å². The molecule has 1 N–H and O–H groups in total. The molecule has 0 aliphatic carbocycles. The lowest BCUT2D eigenvalue weighted by Crippen LogP contribution is -2.31. The first kappa shape index (κ1) is 10.8. The normalized spacial score (nSPS) is 12.6. The Labute approximate surface area is 80.9 Å². The molecule has 1 aromatic rings. The lowest BCUT2D eigenvalue weighted by molar-refractivity contribution is 0.0950. The molecule has 1 aromatic carbocycles. The molecule has 0 aliphatic rings. The van der Waals surface area contributed by atoms with Crippen LogP contribution in [0.2, 0.25) is 0 Å². The van der Waals surface area contributed by atoms with Crippen molar-refractivity contribution in [3.05, 3.63) is 35.4 Å². The van der Waals surface area contributed by atoms with Crippen molar-refractivity contribution >= 4 is 5.78 Å². The zero-order chi connectivity index (χ0) is 10.7. The van der Waals surface area contributed by atoms with Gasteiger partial charge in [-0.2, -0.15) is 0 Å². The Morgan fingerprint density at radius 3 is 2.64 bits per heavy atom. The number of rotatable bonds is 3. The van der Waals surface area contributed by atoms with E-state index in [1.807, 2.05) is 0 Å². The molecule has 4 heteroatoms. The van der Waals surface area contributed by atoms with Crippen LogP contribution in [0.3, 0.4) is 0 Å². The number of nitrogens with one attached hydrogen (secondary N) is 1. The molecule has 14 heavy (non-hydrogen) atoms. The molecule has 1 atom stereocenters. The molecule has 0 amide bonds. The molecule has 1 rings (SSSR count). The number of Topliss-reactive ketones (excluding diaryl/α,β-unsaturated/α-hetero) is 1. The fourth-order valence-electron chi connectivity index (χ4n) is 1.05. The van der Waals surface area contributed by atoms with E-state index in [0.717, 1.165) is 18.2 Å². The Hall–Kier alpha value is -1.29. The average molecular weight is 199 g/mol. The largest absolute Gasteiger partial charge is 0.310 e. The van der Waals surface area contributed by atoms with Crippen molar-refractivity contribution in [1.82, 2.24) is 5.32 Å². The van der Waals surface area contributed by atoms with Gasteiger partial charge in [-0.1, -0.05) is 0 Å². The Balaban J connectivity index is 3.06. The number of likely N-dealkylation sites (N-methyl/N-ethyl adjacent to an activating group) is 1. The summed E-state index contributed by atoms with van der Waals surface area (Å²) in [6.45, 7) is 1.59. The molecule has 76 valence electrons. The van der Waals surface area contributed by atoms with E-state index in [1.54, 1.807) is 14.0 Å². The van der Waals surface area contributed by atoms with E-state index < -0.39 is 23.5 Å². The molecule has 2 nitrogen and oxygen atoms in total. The highest BCUT2D eigenvalue weighted by Crippen LogP contribution is 2.11. The summed E-state index contributed by atoms with van der Waals surface area (Å²) in [5.74, 6) is -1.76. The van der Waals surface area contributed by atoms with Crippen LogP contribution in [0.25, 0.3) is 0 Å². The maximum Gasteiger partial charge on any atom is 0.182 e. The third-order valence-corrected chi connectivity index (χ3v) is 2.02. The minimum atomic E-state index is -0.696. The van der Waals surface area contributed by atoms with Crippen LogP contribution in [-0.2, 0) is 0 Å². The van der Waals surface area contributed by atoms with Crippen LogP contribution in [0.5, 0.6) is 0 Å². The summed E-state index contributed by atoms with van der Waals surface area (Å²) in [4.78, 5) is 11.5. The Bertz CT molecular complexity index is 352. The van der Waals surface area contributed by atoms with E-state index in [-0.39, 0.29) is 5.56 Å². The maximum atomic E-state index is 13.1. The van der Waals surface area contributed by atoms with E-state index in [2.05, 4.69) is 5.32 Å². The van der Waals surface area contributed by atoms with Crippen LogP contribution >= 0.6 is 0 Å². The number of benzene rings is 1. The Morgan fingerprint density at radius 2 is 2.07 bits per heavy atom. The van der Waals surface area contributed by atoms with Crippen molar-refractivity contribution in [2.45, 2.75) is 13.0 Å². The summed E-state index contributed by atoms with van der Waals surface area (Å²) in [5.41, 5.74) is -0.216. The SMILES string of the molecule is CNC(C)C(=O)c1cc(F)ccc1F. The van der Waals surface area contributed by atoms with Crippen LogP contribution in [0.1, 0.15) is 17.3 Å². The molecule has 0 radical (unpaired) electrons. The van der Waals surface area contributed by atoms with Crippen LogP contribution < -0.4 is 5.32 Å². The van der Waals surface area contributed by atoms with Gasteiger partial charge in [0.1, 0.15) is 11.6 Å². The quantitative estimate of drug-likeness (QED) is 0.751. The molecule has 0 aliphatic heterocycles. The highest BCUT2D eigenvalue weighted by molar-refractivity contribution is 6.00. The molecule has 0 saturated carbocycles. The van der Waals surface area contributed by atoms with Crippen molar-refractivity contribution in [3.8, 4) is 0 Å².